The molecule has 0 bridgehead atoms. The number of anilines is 1. The number of hydrogen-bond acceptors (Lipinski definition) is 4. The number of nitro groups is 1. The molecule has 0 aliphatic rings. The van der Waals surface area contributed by atoms with Crippen LogP contribution in [-0.4, -0.2) is 16.7 Å². The van der Waals surface area contributed by atoms with Gasteiger partial charge in [0.2, 0.25) is 0 Å². The van der Waals surface area contributed by atoms with Gasteiger partial charge in [-0.3, -0.25) is 19.7 Å². The Balaban J connectivity index is 1.94. The summed E-state index contributed by atoms with van der Waals surface area (Å²) < 4.78 is 0. The van der Waals surface area contributed by atoms with Gasteiger partial charge >= 0.3 is 11.8 Å². The van der Waals surface area contributed by atoms with Crippen molar-refractivity contribution in [2.24, 2.45) is 0 Å². The zero-order chi connectivity index (χ0) is 16.8. The first kappa shape index (κ1) is 16.2. The average Bonchev–Trinajstić information content (AvgIpc) is 2.56. The molecular weight excluding hydrogens is 298 g/mol. The zero-order valence-electron chi connectivity index (χ0n) is 12.4. The van der Waals surface area contributed by atoms with Gasteiger partial charge in [-0.1, -0.05) is 30.3 Å². The van der Waals surface area contributed by atoms with Crippen LogP contribution in [0.3, 0.4) is 0 Å². The molecule has 2 aromatic carbocycles. The second-order valence-corrected chi connectivity index (χ2v) is 4.86. The van der Waals surface area contributed by atoms with Gasteiger partial charge in [0.25, 0.3) is 5.69 Å². The molecule has 0 aromatic heterocycles. The van der Waals surface area contributed by atoms with Gasteiger partial charge in [0.1, 0.15) is 0 Å². The predicted octanol–water partition coefficient (Wildman–Crippen LogP) is 2.41. The van der Waals surface area contributed by atoms with Crippen LogP contribution < -0.4 is 10.6 Å². The van der Waals surface area contributed by atoms with E-state index >= 15 is 0 Å². The van der Waals surface area contributed by atoms with Crippen LogP contribution in [0.5, 0.6) is 0 Å². The van der Waals surface area contributed by atoms with E-state index in [2.05, 4.69) is 10.6 Å². The number of amides is 2. The Kier molecular flexibility index (Phi) is 5.03. The normalized spacial score (nSPS) is 11.3. The Morgan fingerprint density at radius 3 is 2.17 bits per heavy atom. The average molecular weight is 313 g/mol. The van der Waals surface area contributed by atoms with Crippen LogP contribution in [0.1, 0.15) is 18.5 Å². The maximum Gasteiger partial charge on any atom is 0.313 e. The van der Waals surface area contributed by atoms with Crippen molar-refractivity contribution in [3.8, 4) is 0 Å². The van der Waals surface area contributed by atoms with Gasteiger partial charge in [-0.15, -0.1) is 0 Å². The van der Waals surface area contributed by atoms with Gasteiger partial charge in [-0.05, 0) is 24.6 Å². The van der Waals surface area contributed by atoms with E-state index in [1.165, 1.54) is 24.3 Å². The molecule has 118 valence electrons. The Morgan fingerprint density at radius 1 is 1.00 bits per heavy atom. The molecule has 0 saturated heterocycles. The van der Waals surface area contributed by atoms with Crippen LogP contribution in [0.4, 0.5) is 11.4 Å². The molecule has 2 rings (SSSR count). The first-order valence-corrected chi connectivity index (χ1v) is 6.88. The van der Waals surface area contributed by atoms with Crippen molar-refractivity contribution in [2.75, 3.05) is 5.32 Å². The summed E-state index contributed by atoms with van der Waals surface area (Å²) in [5.74, 6) is -1.61. The number of nitro benzene ring substituents is 1. The first-order chi connectivity index (χ1) is 11.0. The summed E-state index contributed by atoms with van der Waals surface area (Å²) in [7, 11) is 0. The number of carbonyl (C=O) groups is 2. The Labute approximate surface area is 132 Å². The number of hydrogen-bond donors (Lipinski definition) is 2. The molecule has 2 amide bonds. The summed E-state index contributed by atoms with van der Waals surface area (Å²) in [6.07, 6.45) is 0. The molecule has 23 heavy (non-hydrogen) atoms. The van der Waals surface area contributed by atoms with E-state index in [1.54, 1.807) is 6.92 Å². The van der Waals surface area contributed by atoms with Gasteiger partial charge in [0.15, 0.2) is 0 Å². The maximum atomic E-state index is 11.9. The molecule has 7 heteroatoms. The Bertz CT molecular complexity index is 714. The van der Waals surface area contributed by atoms with Crippen molar-refractivity contribution in [1.82, 2.24) is 5.32 Å². The molecule has 2 aromatic rings. The fourth-order valence-electron chi connectivity index (χ4n) is 1.94. The van der Waals surface area contributed by atoms with Crippen LogP contribution >= 0.6 is 0 Å². The van der Waals surface area contributed by atoms with E-state index < -0.39 is 16.7 Å². The van der Waals surface area contributed by atoms with Crippen molar-refractivity contribution < 1.29 is 14.5 Å². The van der Waals surface area contributed by atoms with Crippen LogP contribution in [0.15, 0.2) is 54.6 Å². The second-order valence-electron chi connectivity index (χ2n) is 4.86. The van der Waals surface area contributed by atoms with Crippen LogP contribution in [-0.2, 0) is 9.59 Å². The van der Waals surface area contributed by atoms with Crippen molar-refractivity contribution in [1.29, 1.82) is 0 Å². The standard InChI is InChI=1S/C16H15N3O4/c1-11(12-5-3-2-4-6-12)17-15(20)16(21)18-13-7-9-14(10-8-13)19(22)23/h2-11H,1H3,(H,17,20)(H,18,21). The highest BCUT2D eigenvalue weighted by Gasteiger charge is 2.17. The van der Waals surface area contributed by atoms with Gasteiger partial charge in [-0.25, -0.2) is 0 Å². The monoisotopic (exact) mass is 313 g/mol. The quantitative estimate of drug-likeness (QED) is 0.514. The lowest BCUT2D eigenvalue weighted by molar-refractivity contribution is -0.384. The van der Waals surface area contributed by atoms with Gasteiger partial charge < -0.3 is 10.6 Å². The molecule has 0 aliphatic carbocycles. The summed E-state index contributed by atoms with van der Waals surface area (Å²) in [5, 5.41) is 15.5. The Morgan fingerprint density at radius 2 is 1.61 bits per heavy atom. The number of carbonyl (C=O) groups excluding carboxylic acids is 2. The number of benzene rings is 2. The highest BCUT2D eigenvalue weighted by atomic mass is 16.6. The summed E-state index contributed by atoms with van der Waals surface area (Å²) in [5.41, 5.74) is 1.09. The third-order valence-electron chi connectivity index (χ3n) is 3.19. The third-order valence-corrected chi connectivity index (χ3v) is 3.19. The minimum Gasteiger partial charge on any atom is -0.341 e. The Hall–Kier alpha value is -3.22. The molecule has 0 heterocycles. The van der Waals surface area contributed by atoms with E-state index in [4.69, 9.17) is 0 Å². The zero-order valence-corrected chi connectivity index (χ0v) is 12.4. The van der Waals surface area contributed by atoms with Gasteiger partial charge in [0.05, 0.1) is 11.0 Å². The van der Waals surface area contributed by atoms with Crippen LogP contribution in [0.2, 0.25) is 0 Å². The largest absolute Gasteiger partial charge is 0.341 e. The minimum absolute atomic E-state index is 0.0925. The highest BCUT2D eigenvalue weighted by Crippen LogP contribution is 2.15. The summed E-state index contributed by atoms with van der Waals surface area (Å²) in [4.78, 5) is 33.7. The van der Waals surface area contributed by atoms with E-state index in [0.717, 1.165) is 5.56 Å². The van der Waals surface area contributed by atoms with Crippen LogP contribution in [0.25, 0.3) is 0 Å². The summed E-state index contributed by atoms with van der Waals surface area (Å²) in [6.45, 7) is 1.77. The fourth-order valence-corrected chi connectivity index (χ4v) is 1.94. The molecule has 7 nitrogen and oxygen atoms in total. The van der Waals surface area contributed by atoms with Gasteiger partial charge in [-0.2, -0.15) is 0 Å². The predicted molar refractivity (Wildman–Crippen MR) is 84.7 cm³/mol. The third kappa shape index (κ3) is 4.37. The van der Waals surface area contributed by atoms with Gasteiger partial charge in [0, 0.05) is 17.8 Å². The molecule has 0 spiro atoms. The molecule has 1 atom stereocenters. The number of nitrogens with zero attached hydrogens (tertiary/aromatic N) is 1. The summed E-state index contributed by atoms with van der Waals surface area (Å²) >= 11 is 0. The fraction of sp³-hybridized carbons (Fsp3) is 0.125. The highest BCUT2D eigenvalue weighted by molar-refractivity contribution is 6.39. The minimum atomic E-state index is -0.832. The lowest BCUT2D eigenvalue weighted by atomic mass is 10.1. The van der Waals surface area contributed by atoms with E-state index in [-0.39, 0.29) is 11.7 Å². The van der Waals surface area contributed by atoms with E-state index in [0.29, 0.717) is 5.69 Å². The van der Waals surface area contributed by atoms with Crippen molar-refractivity contribution in [2.45, 2.75) is 13.0 Å². The summed E-state index contributed by atoms with van der Waals surface area (Å²) in [6, 6.07) is 14.2. The lowest BCUT2D eigenvalue weighted by Crippen LogP contribution is -2.36. The van der Waals surface area contributed by atoms with E-state index in [9.17, 15) is 19.7 Å². The molecule has 0 saturated carbocycles. The molecule has 1 unspecified atom stereocenters. The first-order valence-electron chi connectivity index (χ1n) is 6.88. The molecule has 2 N–H and O–H groups in total. The van der Waals surface area contributed by atoms with Crippen molar-refractivity contribution in [3.05, 3.63) is 70.3 Å². The SMILES string of the molecule is CC(NC(=O)C(=O)Nc1ccc([N+](=O)[O-])cc1)c1ccccc1. The number of nitrogens with one attached hydrogen (secondary N) is 2. The topological polar surface area (TPSA) is 101 Å². The maximum absolute atomic E-state index is 11.9. The van der Waals surface area contributed by atoms with E-state index in [1.807, 2.05) is 30.3 Å². The van der Waals surface area contributed by atoms with Crippen LogP contribution in [0, 0.1) is 10.1 Å². The molecular formula is C16H15N3O4. The molecule has 0 fully saturated rings. The second kappa shape index (κ2) is 7.17. The van der Waals surface area contributed by atoms with Crippen molar-refractivity contribution in [3.63, 3.8) is 0 Å². The molecule has 0 aliphatic heterocycles. The number of rotatable bonds is 4. The lowest BCUT2D eigenvalue weighted by Gasteiger charge is -2.14. The molecule has 0 radical (unpaired) electrons. The number of non-ortho nitro benzene ring substituents is 1. The smallest absolute Gasteiger partial charge is 0.313 e. The van der Waals surface area contributed by atoms with Crippen molar-refractivity contribution >= 4 is 23.2 Å².